The number of ether oxygens (including phenoxy) is 1. The molecule has 29 heavy (non-hydrogen) atoms. The summed E-state index contributed by atoms with van der Waals surface area (Å²) in [7, 11) is 1.67. The maximum Gasteiger partial charge on any atom is 0.148 e. The summed E-state index contributed by atoms with van der Waals surface area (Å²) in [5.74, 6) is 1.67. The van der Waals surface area contributed by atoms with Crippen molar-refractivity contribution in [2.24, 2.45) is 5.73 Å². The van der Waals surface area contributed by atoms with Gasteiger partial charge in [-0.15, -0.1) is 24.8 Å². The van der Waals surface area contributed by atoms with Crippen LogP contribution in [-0.4, -0.2) is 38.3 Å². The van der Waals surface area contributed by atoms with Gasteiger partial charge < -0.3 is 20.7 Å². The fourth-order valence-electron chi connectivity index (χ4n) is 3.48. The monoisotopic (exact) mass is 454 g/mol. The number of nitrogens with one attached hydrogen (secondary N) is 1. The van der Waals surface area contributed by atoms with Gasteiger partial charge in [0.2, 0.25) is 0 Å². The molecule has 8 heteroatoms. The van der Waals surface area contributed by atoms with E-state index in [0.29, 0.717) is 11.6 Å². The molecule has 3 N–H and O–H groups in total. The van der Waals surface area contributed by atoms with Crippen LogP contribution >= 0.6 is 36.4 Å². The average molecular weight is 456 g/mol. The van der Waals surface area contributed by atoms with E-state index < -0.39 is 0 Å². The smallest absolute Gasteiger partial charge is 0.148 e. The van der Waals surface area contributed by atoms with E-state index in [4.69, 9.17) is 27.1 Å². The van der Waals surface area contributed by atoms with E-state index in [-0.39, 0.29) is 24.8 Å². The van der Waals surface area contributed by atoms with Crippen LogP contribution in [0.2, 0.25) is 5.02 Å². The molecule has 1 saturated heterocycles. The lowest BCUT2D eigenvalue weighted by atomic mass is 10.0. The minimum absolute atomic E-state index is 0. The van der Waals surface area contributed by atoms with E-state index in [0.717, 1.165) is 65.3 Å². The summed E-state index contributed by atoms with van der Waals surface area (Å²) in [5.41, 5.74) is 9.96. The molecular formula is C21H25Cl3N4O. The van der Waals surface area contributed by atoms with Gasteiger partial charge in [-0.25, -0.2) is 4.98 Å². The number of pyridine rings is 1. The van der Waals surface area contributed by atoms with E-state index in [1.807, 2.05) is 24.3 Å². The first kappa shape index (κ1) is 23.5. The zero-order chi connectivity index (χ0) is 18.8. The molecule has 1 aromatic heterocycles. The van der Waals surface area contributed by atoms with Crippen LogP contribution in [0.15, 0.2) is 42.5 Å². The Balaban J connectivity index is 0.00000150. The van der Waals surface area contributed by atoms with E-state index in [1.54, 1.807) is 7.11 Å². The lowest BCUT2D eigenvalue weighted by Crippen LogP contribution is -2.44. The Morgan fingerprint density at radius 2 is 1.83 bits per heavy atom. The van der Waals surface area contributed by atoms with Crippen LogP contribution in [0.5, 0.6) is 5.75 Å². The lowest BCUT2D eigenvalue weighted by Gasteiger charge is -2.29. The lowest BCUT2D eigenvalue weighted by molar-refractivity contribution is 0.414. The number of nitrogens with two attached hydrogens (primary N) is 1. The average Bonchev–Trinajstić information content (AvgIpc) is 2.73. The molecular weight excluding hydrogens is 431 g/mol. The summed E-state index contributed by atoms with van der Waals surface area (Å²) in [6.45, 7) is 4.21. The fourth-order valence-corrected chi connectivity index (χ4v) is 3.76. The highest BCUT2D eigenvalue weighted by atomic mass is 35.5. The molecule has 3 aromatic rings. The summed E-state index contributed by atoms with van der Waals surface area (Å²) in [4.78, 5) is 7.06. The predicted octanol–water partition coefficient (Wildman–Crippen LogP) is 4.28. The van der Waals surface area contributed by atoms with Crippen LogP contribution in [-0.2, 0) is 6.54 Å². The van der Waals surface area contributed by atoms with Crippen molar-refractivity contribution in [1.82, 2.24) is 10.3 Å². The summed E-state index contributed by atoms with van der Waals surface area (Å²) in [5, 5.41) is 5.07. The summed E-state index contributed by atoms with van der Waals surface area (Å²) >= 11 is 6.57. The van der Waals surface area contributed by atoms with Crippen LogP contribution in [0.25, 0.3) is 22.0 Å². The molecule has 1 fully saturated rings. The zero-order valence-corrected chi connectivity index (χ0v) is 18.5. The number of aromatic nitrogens is 1. The topological polar surface area (TPSA) is 63.4 Å². The van der Waals surface area contributed by atoms with Crippen LogP contribution in [0.3, 0.4) is 0 Å². The number of anilines is 1. The third-order valence-corrected chi connectivity index (χ3v) is 5.22. The summed E-state index contributed by atoms with van der Waals surface area (Å²) in [6.07, 6.45) is 0. The molecule has 4 rings (SSSR count). The van der Waals surface area contributed by atoms with Gasteiger partial charge in [0.1, 0.15) is 11.6 Å². The number of halogens is 3. The zero-order valence-electron chi connectivity index (χ0n) is 16.2. The molecule has 0 atom stereocenters. The Labute approximate surface area is 188 Å². The quantitative estimate of drug-likeness (QED) is 0.615. The number of hydrogen-bond donors (Lipinski definition) is 2. The summed E-state index contributed by atoms with van der Waals surface area (Å²) < 4.78 is 5.41. The van der Waals surface area contributed by atoms with Crippen molar-refractivity contribution in [1.29, 1.82) is 0 Å². The highest BCUT2D eigenvalue weighted by Gasteiger charge is 2.16. The molecule has 0 saturated carbocycles. The molecule has 0 unspecified atom stereocenters. The standard InChI is InChI=1S/C21H23ClN4O.2ClH/c1-27-18-9-14(13-23)8-16(11-18)15-2-3-20-17(10-15)12-19(22)21(25-20)26-6-4-24-5-7-26;;/h2-3,8-12,24H,4-7,13,23H2,1H3;2*1H. The number of benzene rings is 2. The number of fused-ring (bicyclic) bond motifs is 1. The number of nitrogens with zero attached hydrogens (tertiary/aromatic N) is 2. The van der Waals surface area contributed by atoms with Gasteiger partial charge in [-0.2, -0.15) is 0 Å². The van der Waals surface area contributed by atoms with Gasteiger partial charge in [0, 0.05) is 38.1 Å². The maximum atomic E-state index is 6.57. The third kappa shape index (κ3) is 5.05. The molecule has 156 valence electrons. The van der Waals surface area contributed by atoms with Crippen LogP contribution in [0, 0.1) is 0 Å². The van der Waals surface area contributed by atoms with Crippen molar-refractivity contribution in [3.05, 3.63) is 53.1 Å². The summed E-state index contributed by atoms with van der Waals surface area (Å²) in [6, 6.07) is 14.3. The number of hydrogen-bond acceptors (Lipinski definition) is 5. The minimum atomic E-state index is 0. The molecule has 0 bridgehead atoms. The SMILES string of the molecule is COc1cc(CN)cc(-c2ccc3nc(N4CCNCC4)c(Cl)cc3c2)c1.Cl.Cl. The molecule has 1 aliphatic heterocycles. The Kier molecular flexibility index (Phi) is 8.37. The van der Waals surface area contributed by atoms with E-state index in [2.05, 4.69) is 28.4 Å². The molecule has 2 heterocycles. The number of piperazine rings is 1. The Morgan fingerprint density at radius 3 is 2.52 bits per heavy atom. The van der Waals surface area contributed by atoms with Crippen LogP contribution in [0.1, 0.15) is 5.56 Å². The first-order valence-corrected chi connectivity index (χ1v) is 9.50. The van der Waals surface area contributed by atoms with Crippen molar-refractivity contribution in [3.63, 3.8) is 0 Å². The van der Waals surface area contributed by atoms with Gasteiger partial charge >= 0.3 is 0 Å². The molecule has 0 aliphatic carbocycles. The third-order valence-electron chi connectivity index (χ3n) is 4.94. The number of rotatable bonds is 4. The molecule has 1 aliphatic rings. The minimum Gasteiger partial charge on any atom is -0.497 e. The Hall–Kier alpha value is -1.76. The van der Waals surface area contributed by atoms with Crippen LogP contribution in [0.4, 0.5) is 5.82 Å². The molecule has 0 spiro atoms. The maximum absolute atomic E-state index is 6.57. The molecule has 2 aromatic carbocycles. The first-order valence-electron chi connectivity index (χ1n) is 9.12. The second-order valence-corrected chi connectivity index (χ2v) is 7.12. The van der Waals surface area contributed by atoms with E-state index >= 15 is 0 Å². The van der Waals surface area contributed by atoms with Crippen molar-refractivity contribution in [3.8, 4) is 16.9 Å². The molecule has 0 amide bonds. The van der Waals surface area contributed by atoms with E-state index in [1.165, 1.54) is 0 Å². The second-order valence-electron chi connectivity index (χ2n) is 6.71. The highest BCUT2D eigenvalue weighted by molar-refractivity contribution is 6.33. The van der Waals surface area contributed by atoms with Crippen molar-refractivity contribution in [2.45, 2.75) is 6.54 Å². The first-order chi connectivity index (χ1) is 13.2. The highest BCUT2D eigenvalue weighted by Crippen LogP contribution is 2.32. The van der Waals surface area contributed by atoms with Crippen molar-refractivity contribution < 1.29 is 4.74 Å². The van der Waals surface area contributed by atoms with Gasteiger partial charge in [0.25, 0.3) is 0 Å². The van der Waals surface area contributed by atoms with Crippen molar-refractivity contribution >= 4 is 53.1 Å². The Bertz CT molecular complexity index is 955. The fraction of sp³-hybridized carbons (Fsp3) is 0.286. The van der Waals surface area contributed by atoms with Gasteiger partial charge in [0.15, 0.2) is 0 Å². The normalized spacial score (nSPS) is 13.6. The van der Waals surface area contributed by atoms with Gasteiger partial charge in [0.05, 0.1) is 17.6 Å². The Morgan fingerprint density at radius 1 is 1.07 bits per heavy atom. The van der Waals surface area contributed by atoms with E-state index in [9.17, 15) is 0 Å². The molecule has 5 nitrogen and oxygen atoms in total. The van der Waals surface area contributed by atoms with Crippen molar-refractivity contribution in [2.75, 3.05) is 38.2 Å². The van der Waals surface area contributed by atoms with Crippen LogP contribution < -0.4 is 20.7 Å². The van der Waals surface area contributed by atoms with Gasteiger partial charge in [-0.3, -0.25) is 0 Å². The predicted molar refractivity (Wildman–Crippen MR) is 126 cm³/mol. The van der Waals surface area contributed by atoms with Gasteiger partial charge in [-0.05, 0) is 53.1 Å². The largest absolute Gasteiger partial charge is 0.497 e. The second kappa shape index (κ2) is 10.3. The number of methoxy groups -OCH3 is 1. The molecule has 0 radical (unpaired) electrons. The van der Waals surface area contributed by atoms with Gasteiger partial charge in [-0.1, -0.05) is 17.7 Å².